The summed E-state index contributed by atoms with van der Waals surface area (Å²) in [6.07, 6.45) is 2.60. The molecule has 1 saturated carbocycles. The first-order chi connectivity index (χ1) is 6.59. The summed E-state index contributed by atoms with van der Waals surface area (Å²) in [7, 11) is 0. The molecule has 14 heavy (non-hydrogen) atoms. The number of aromatic nitrogens is 2. The Morgan fingerprint density at radius 3 is 2.43 bits per heavy atom. The molecule has 3 heteroatoms. The van der Waals surface area contributed by atoms with Crippen molar-refractivity contribution in [3.05, 3.63) is 17.5 Å². The van der Waals surface area contributed by atoms with E-state index in [1.807, 2.05) is 6.92 Å². The van der Waals surface area contributed by atoms with E-state index in [1.54, 1.807) is 0 Å². The summed E-state index contributed by atoms with van der Waals surface area (Å²) >= 11 is 0. The molecule has 0 unspecified atom stereocenters. The Kier molecular flexibility index (Phi) is 2.35. The minimum absolute atomic E-state index is 0.0809. The fourth-order valence-corrected chi connectivity index (χ4v) is 1.76. The highest BCUT2D eigenvalue weighted by molar-refractivity contribution is 5.20. The zero-order chi connectivity index (χ0) is 10.3. The Labute approximate surface area is 85.3 Å². The molecule has 3 nitrogen and oxygen atoms in total. The molecule has 1 atom stereocenters. The zero-order valence-electron chi connectivity index (χ0n) is 9.20. The van der Waals surface area contributed by atoms with Crippen LogP contribution in [0.15, 0.2) is 6.07 Å². The van der Waals surface area contributed by atoms with Crippen LogP contribution in [-0.2, 0) is 0 Å². The molecular formula is C11H19N3. The van der Waals surface area contributed by atoms with E-state index in [0.717, 1.165) is 0 Å². The quantitative estimate of drug-likeness (QED) is 0.800. The van der Waals surface area contributed by atoms with Gasteiger partial charge in [0, 0.05) is 18.0 Å². The van der Waals surface area contributed by atoms with E-state index < -0.39 is 0 Å². The molecule has 1 aromatic heterocycles. The molecule has 1 heterocycles. The number of nitrogens with two attached hydrogens (primary N) is 1. The van der Waals surface area contributed by atoms with Gasteiger partial charge in [-0.15, -0.1) is 0 Å². The van der Waals surface area contributed by atoms with E-state index in [4.69, 9.17) is 5.73 Å². The first kappa shape index (κ1) is 9.71. The van der Waals surface area contributed by atoms with E-state index in [1.165, 1.54) is 24.2 Å². The van der Waals surface area contributed by atoms with Crippen LogP contribution in [0, 0.1) is 0 Å². The molecule has 0 spiro atoms. The average Bonchev–Trinajstić information content (AvgIpc) is 2.83. The number of nitrogens with zero attached hydrogens (tertiary/aromatic N) is 2. The van der Waals surface area contributed by atoms with Crippen LogP contribution in [0.5, 0.6) is 0 Å². The summed E-state index contributed by atoms with van der Waals surface area (Å²) in [6.45, 7) is 6.32. The van der Waals surface area contributed by atoms with Gasteiger partial charge in [0.05, 0.1) is 11.4 Å². The van der Waals surface area contributed by atoms with Gasteiger partial charge in [-0.25, -0.2) is 0 Å². The summed E-state index contributed by atoms with van der Waals surface area (Å²) < 4.78 is 2.07. The largest absolute Gasteiger partial charge is 0.323 e. The maximum atomic E-state index is 5.93. The van der Waals surface area contributed by atoms with Crippen LogP contribution < -0.4 is 5.73 Å². The molecule has 1 aromatic rings. The van der Waals surface area contributed by atoms with Crippen molar-refractivity contribution in [1.82, 2.24) is 9.78 Å². The molecule has 78 valence electrons. The lowest BCUT2D eigenvalue weighted by molar-refractivity contribution is 0.490. The van der Waals surface area contributed by atoms with Crippen molar-refractivity contribution in [2.45, 2.75) is 51.6 Å². The van der Waals surface area contributed by atoms with Crippen molar-refractivity contribution in [2.24, 2.45) is 5.73 Å². The van der Waals surface area contributed by atoms with Crippen molar-refractivity contribution in [3.8, 4) is 0 Å². The molecule has 1 aliphatic rings. The van der Waals surface area contributed by atoms with Crippen LogP contribution in [0.25, 0.3) is 0 Å². The highest BCUT2D eigenvalue weighted by atomic mass is 15.3. The monoisotopic (exact) mass is 193 g/mol. The van der Waals surface area contributed by atoms with Gasteiger partial charge in [0.25, 0.3) is 0 Å². The molecular weight excluding hydrogens is 174 g/mol. The van der Waals surface area contributed by atoms with Crippen LogP contribution in [0.3, 0.4) is 0 Å². The average molecular weight is 193 g/mol. The van der Waals surface area contributed by atoms with E-state index in [9.17, 15) is 0 Å². The van der Waals surface area contributed by atoms with Gasteiger partial charge < -0.3 is 5.73 Å². The van der Waals surface area contributed by atoms with Crippen LogP contribution in [0.1, 0.15) is 63.0 Å². The molecule has 1 aliphatic carbocycles. The lowest BCUT2D eigenvalue weighted by Gasteiger charge is -2.12. The second kappa shape index (κ2) is 3.39. The summed E-state index contributed by atoms with van der Waals surface area (Å²) in [4.78, 5) is 0. The molecule has 0 saturated heterocycles. The van der Waals surface area contributed by atoms with Gasteiger partial charge in [-0.2, -0.15) is 5.10 Å². The topological polar surface area (TPSA) is 43.8 Å². The fourth-order valence-electron chi connectivity index (χ4n) is 1.76. The van der Waals surface area contributed by atoms with E-state index >= 15 is 0 Å². The molecule has 0 aliphatic heterocycles. The lowest BCUT2D eigenvalue weighted by Crippen LogP contribution is -2.14. The third-order valence-electron chi connectivity index (χ3n) is 2.73. The maximum Gasteiger partial charge on any atom is 0.0659 e. The minimum atomic E-state index is 0.0809. The first-order valence-corrected chi connectivity index (χ1v) is 5.44. The van der Waals surface area contributed by atoms with Crippen LogP contribution >= 0.6 is 0 Å². The zero-order valence-corrected chi connectivity index (χ0v) is 9.20. The van der Waals surface area contributed by atoms with Gasteiger partial charge in [0.1, 0.15) is 0 Å². The summed E-state index contributed by atoms with van der Waals surface area (Å²) in [5, 5.41) is 4.63. The Morgan fingerprint density at radius 2 is 2.07 bits per heavy atom. The second-order valence-electron chi connectivity index (χ2n) is 4.60. The lowest BCUT2D eigenvalue weighted by atomic mass is 10.2. The minimum Gasteiger partial charge on any atom is -0.323 e. The molecule has 2 rings (SSSR count). The smallest absolute Gasteiger partial charge is 0.0659 e. The third kappa shape index (κ3) is 1.69. The van der Waals surface area contributed by atoms with Crippen molar-refractivity contribution in [3.63, 3.8) is 0 Å². The summed E-state index contributed by atoms with van der Waals surface area (Å²) in [5.41, 5.74) is 8.34. The van der Waals surface area contributed by atoms with Gasteiger partial charge in [0.15, 0.2) is 0 Å². The van der Waals surface area contributed by atoms with Crippen molar-refractivity contribution >= 4 is 0 Å². The molecule has 0 amide bonds. The van der Waals surface area contributed by atoms with Crippen molar-refractivity contribution in [2.75, 3.05) is 0 Å². The number of hydrogen-bond acceptors (Lipinski definition) is 2. The molecule has 1 fully saturated rings. The standard InChI is InChI=1S/C11H19N3/c1-7(2)14-11(8(3)12)6-10(13-14)9-4-5-9/h6-9H,4-5,12H2,1-3H3/t8-/m0/s1. The van der Waals surface area contributed by atoms with Gasteiger partial charge in [0.2, 0.25) is 0 Å². The molecule has 0 bridgehead atoms. The van der Waals surface area contributed by atoms with Crippen molar-refractivity contribution < 1.29 is 0 Å². The predicted molar refractivity (Wildman–Crippen MR) is 57.2 cm³/mol. The van der Waals surface area contributed by atoms with E-state index in [0.29, 0.717) is 12.0 Å². The second-order valence-corrected chi connectivity index (χ2v) is 4.60. The van der Waals surface area contributed by atoms with Crippen molar-refractivity contribution in [1.29, 1.82) is 0 Å². The highest BCUT2D eigenvalue weighted by Gasteiger charge is 2.28. The van der Waals surface area contributed by atoms with Gasteiger partial charge in [-0.3, -0.25) is 4.68 Å². The highest BCUT2D eigenvalue weighted by Crippen LogP contribution is 2.40. The maximum absolute atomic E-state index is 5.93. The van der Waals surface area contributed by atoms with Crippen LogP contribution in [0.4, 0.5) is 0 Å². The van der Waals surface area contributed by atoms with Gasteiger partial charge in [-0.1, -0.05) is 0 Å². The molecule has 2 N–H and O–H groups in total. The van der Waals surface area contributed by atoms with Crippen LogP contribution in [0.2, 0.25) is 0 Å². The molecule has 0 radical (unpaired) electrons. The number of hydrogen-bond donors (Lipinski definition) is 1. The van der Waals surface area contributed by atoms with Gasteiger partial charge >= 0.3 is 0 Å². The predicted octanol–water partition coefficient (Wildman–Crippen LogP) is 2.36. The van der Waals surface area contributed by atoms with Crippen LogP contribution in [-0.4, -0.2) is 9.78 Å². The normalized spacial score (nSPS) is 18.9. The Balaban J connectivity index is 2.34. The van der Waals surface area contributed by atoms with Gasteiger partial charge in [-0.05, 0) is 39.7 Å². The summed E-state index contributed by atoms with van der Waals surface area (Å²) in [6, 6.07) is 2.67. The molecule has 0 aromatic carbocycles. The third-order valence-corrected chi connectivity index (χ3v) is 2.73. The first-order valence-electron chi connectivity index (χ1n) is 5.44. The fraction of sp³-hybridized carbons (Fsp3) is 0.727. The SMILES string of the molecule is CC(C)n1nc(C2CC2)cc1[C@H](C)N. The number of rotatable bonds is 3. The Bertz CT molecular complexity index is 296. The Morgan fingerprint density at radius 1 is 1.43 bits per heavy atom. The summed E-state index contributed by atoms with van der Waals surface area (Å²) in [5.74, 6) is 0.715. The van der Waals surface area contributed by atoms with E-state index in [-0.39, 0.29) is 6.04 Å². The van der Waals surface area contributed by atoms with E-state index in [2.05, 4.69) is 29.7 Å². The Hall–Kier alpha value is -0.830.